The first-order valence-electron chi connectivity index (χ1n) is 3.69. The summed E-state index contributed by atoms with van der Waals surface area (Å²) >= 11 is 0. The third kappa shape index (κ3) is 1.51. The average molecular weight is 208 g/mol. The molecule has 0 aliphatic rings. The van der Waals surface area contributed by atoms with E-state index in [-0.39, 0.29) is 0 Å². The van der Waals surface area contributed by atoms with Crippen molar-refractivity contribution >= 4 is 34.5 Å². The highest BCUT2D eigenvalue weighted by atomic mass is 32.2. The Labute approximate surface area is 81.3 Å². The van der Waals surface area contributed by atoms with Gasteiger partial charge in [0, 0.05) is 0 Å². The van der Waals surface area contributed by atoms with Gasteiger partial charge in [-0.1, -0.05) is 11.5 Å². The number of rotatable bonds is 1. The SMILES string of the molecule is [B]c1ccc2nc(S(=O)(=O)O)[nH]c2c1. The van der Waals surface area contributed by atoms with Crippen LogP contribution in [-0.2, 0) is 10.1 Å². The maximum absolute atomic E-state index is 10.7. The molecule has 0 atom stereocenters. The van der Waals surface area contributed by atoms with Gasteiger partial charge in [0.25, 0.3) is 5.16 Å². The van der Waals surface area contributed by atoms with Crippen molar-refractivity contribution in [2.75, 3.05) is 0 Å². The van der Waals surface area contributed by atoms with Gasteiger partial charge in [-0.3, -0.25) is 4.55 Å². The lowest BCUT2D eigenvalue weighted by molar-refractivity contribution is 0.476. The van der Waals surface area contributed by atoms with Crippen LogP contribution in [0.5, 0.6) is 0 Å². The largest absolute Gasteiger partial charge is 0.328 e. The minimum atomic E-state index is -4.29. The van der Waals surface area contributed by atoms with E-state index in [4.69, 9.17) is 12.4 Å². The lowest BCUT2D eigenvalue weighted by Crippen LogP contribution is -2.00. The monoisotopic (exact) mass is 208 g/mol. The van der Waals surface area contributed by atoms with Crippen LogP contribution in [0.3, 0.4) is 0 Å². The summed E-state index contributed by atoms with van der Waals surface area (Å²) in [7, 11) is 1.20. The predicted molar refractivity (Wildman–Crippen MR) is 51.3 cm³/mol. The maximum Gasteiger partial charge on any atom is 0.328 e. The zero-order valence-corrected chi connectivity index (χ0v) is 7.75. The van der Waals surface area contributed by atoms with Crippen LogP contribution < -0.4 is 5.46 Å². The standard InChI is InChI=1S/C7H5BN2O3S/c8-4-1-2-5-6(3-4)10-7(9-5)14(11,12)13/h1-3H,(H,9,10)(H,11,12,13). The van der Waals surface area contributed by atoms with Crippen molar-refractivity contribution in [3.05, 3.63) is 18.2 Å². The average Bonchev–Trinajstić information content (AvgIpc) is 2.45. The number of aromatic nitrogens is 2. The topological polar surface area (TPSA) is 83.1 Å². The Morgan fingerprint density at radius 3 is 2.79 bits per heavy atom. The molecule has 2 aromatic rings. The van der Waals surface area contributed by atoms with E-state index in [2.05, 4.69) is 9.97 Å². The minimum absolute atomic E-state index is 0.437. The van der Waals surface area contributed by atoms with Gasteiger partial charge in [0.15, 0.2) is 0 Å². The van der Waals surface area contributed by atoms with E-state index >= 15 is 0 Å². The molecule has 7 heteroatoms. The molecular formula is C7H5BN2O3S. The van der Waals surface area contributed by atoms with Crippen molar-refractivity contribution in [3.8, 4) is 0 Å². The number of aromatic amines is 1. The van der Waals surface area contributed by atoms with E-state index in [1.165, 1.54) is 6.07 Å². The number of benzene rings is 1. The molecule has 1 aromatic heterocycles. The molecule has 0 fully saturated rings. The summed E-state index contributed by atoms with van der Waals surface area (Å²) in [5, 5.41) is -0.474. The van der Waals surface area contributed by atoms with E-state index in [1.54, 1.807) is 12.1 Å². The minimum Gasteiger partial charge on any atom is -0.327 e. The fourth-order valence-corrected chi connectivity index (χ4v) is 1.58. The van der Waals surface area contributed by atoms with E-state index in [0.29, 0.717) is 16.5 Å². The molecule has 0 aliphatic heterocycles. The van der Waals surface area contributed by atoms with Gasteiger partial charge in [0.1, 0.15) is 7.85 Å². The van der Waals surface area contributed by atoms with Gasteiger partial charge in [-0.2, -0.15) is 8.42 Å². The Morgan fingerprint density at radius 1 is 1.43 bits per heavy atom. The van der Waals surface area contributed by atoms with Crippen LogP contribution in [0.2, 0.25) is 0 Å². The number of hydrogen-bond donors (Lipinski definition) is 2. The molecular weight excluding hydrogens is 203 g/mol. The van der Waals surface area contributed by atoms with Crippen molar-refractivity contribution in [1.29, 1.82) is 0 Å². The molecule has 0 unspecified atom stereocenters. The smallest absolute Gasteiger partial charge is 0.327 e. The van der Waals surface area contributed by atoms with Gasteiger partial charge in [0.05, 0.1) is 11.0 Å². The van der Waals surface area contributed by atoms with E-state index in [9.17, 15) is 8.42 Å². The summed E-state index contributed by atoms with van der Waals surface area (Å²) in [6.45, 7) is 0. The second kappa shape index (κ2) is 2.83. The lowest BCUT2D eigenvalue weighted by Gasteiger charge is -1.89. The normalized spacial score (nSPS) is 12.1. The summed E-state index contributed by atoms with van der Waals surface area (Å²) in [6, 6.07) is 4.70. The van der Waals surface area contributed by atoms with E-state index < -0.39 is 15.3 Å². The number of fused-ring (bicyclic) bond motifs is 1. The Hall–Kier alpha value is -1.34. The molecule has 14 heavy (non-hydrogen) atoms. The van der Waals surface area contributed by atoms with Crippen LogP contribution in [0.25, 0.3) is 11.0 Å². The first kappa shape index (κ1) is 9.23. The molecule has 1 heterocycles. The van der Waals surface area contributed by atoms with Gasteiger partial charge in [-0.15, -0.1) is 0 Å². The van der Waals surface area contributed by atoms with Gasteiger partial charge in [0.2, 0.25) is 0 Å². The third-order valence-corrected chi connectivity index (χ3v) is 2.41. The molecule has 2 rings (SSSR count). The van der Waals surface area contributed by atoms with Gasteiger partial charge < -0.3 is 4.98 Å². The summed E-state index contributed by atoms with van der Waals surface area (Å²) in [6.07, 6.45) is 0. The molecule has 70 valence electrons. The van der Waals surface area contributed by atoms with Crippen LogP contribution in [0.1, 0.15) is 0 Å². The van der Waals surface area contributed by atoms with Crippen LogP contribution in [0, 0.1) is 0 Å². The first-order valence-corrected chi connectivity index (χ1v) is 5.13. The second-order valence-electron chi connectivity index (χ2n) is 2.79. The van der Waals surface area contributed by atoms with Crippen LogP contribution in [0.15, 0.2) is 23.4 Å². The van der Waals surface area contributed by atoms with Crippen molar-refractivity contribution in [3.63, 3.8) is 0 Å². The first-order chi connectivity index (χ1) is 6.47. The highest BCUT2D eigenvalue weighted by Crippen LogP contribution is 2.12. The number of nitrogens with one attached hydrogen (secondary N) is 1. The van der Waals surface area contributed by atoms with Crippen molar-refractivity contribution < 1.29 is 13.0 Å². The highest BCUT2D eigenvalue weighted by molar-refractivity contribution is 7.85. The number of hydrogen-bond acceptors (Lipinski definition) is 3. The molecule has 1 aromatic carbocycles. The Bertz CT molecular complexity index is 590. The Kier molecular flexibility index (Phi) is 1.86. The second-order valence-corrected chi connectivity index (χ2v) is 4.13. The van der Waals surface area contributed by atoms with Crippen LogP contribution in [0.4, 0.5) is 0 Å². The van der Waals surface area contributed by atoms with Gasteiger partial charge >= 0.3 is 10.1 Å². The summed E-state index contributed by atoms with van der Waals surface area (Å²) < 4.78 is 30.1. The number of imidazole rings is 1. The van der Waals surface area contributed by atoms with E-state index in [1.807, 2.05) is 0 Å². The molecule has 0 amide bonds. The fourth-order valence-electron chi connectivity index (χ4n) is 1.13. The van der Waals surface area contributed by atoms with E-state index in [0.717, 1.165) is 0 Å². The lowest BCUT2D eigenvalue weighted by atomic mass is 9.96. The Morgan fingerprint density at radius 2 is 2.14 bits per heavy atom. The summed E-state index contributed by atoms with van der Waals surface area (Å²) in [5.74, 6) is 0. The summed E-state index contributed by atoms with van der Waals surface area (Å²) in [4.78, 5) is 6.12. The quantitative estimate of drug-likeness (QED) is 0.493. The van der Waals surface area contributed by atoms with Gasteiger partial charge in [-0.05, 0) is 12.1 Å². The van der Waals surface area contributed by atoms with Crippen LogP contribution >= 0.6 is 0 Å². The maximum atomic E-state index is 10.7. The van der Waals surface area contributed by atoms with Crippen molar-refractivity contribution in [2.24, 2.45) is 0 Å². The van der Waals surface area contributed by atoms with Gasteiger partial charge in [-0.25, -0.2) is 4.98 Å². The summed E-state index contributed by atoms with van der Waals surface area (Å²) in [5.41, 5.74) is 1.40. The van der Waals surface area contributed by atoms with Crippen LogP contribution in [-0.4, -0.2) is 30.8 Å². The Balaban J connectivity index is 2.75. The molecule has 2 N–H and O–H groups in total. The predicted octanol–water partition coefficient (Wildman–Crippen LogP) is -0.397. The number of H-pyrrole nitrogens is 1. The zero-order valence-electron chi connectivity index (χ0n) is 6.93. The number of nitrogens with zero attached hydrogens (tertiary/aromatic N) is 1. The molecule has 0 spiro atoms. The third-order valence-electron chi connectivity index (χ3n) is 1.73. The molecule has 2 radical (unpaired) electrons. The molecule has 0 saturated heterocycles. The molecule has 0 saturated carbocycles. The van der Waals surface area contributed by atoms with Crippen molar-refractivity contribution in [1.82, 2.24) is 9.97 Å². The molecule has 0 aliphatic carbocycles. The highest BCUT2D eigenvalue weighted by Gasteiger charge is 2.14. The fraction of sp³-hybridized carbons (Fsp3) is 0. The molecule has 0 bridgehead atoms. The molecule has 5 nitrogen and oxygen atoms in total. The van der Waals surface area contributed by atoms with Crippen molar-refractivity contribution in [2.45, 2.75) is 5.16 Å². The zero-order chi connectivity index (χ0) is 10.3.